The minimum absolute atomic E-state index is 0.552. The van der Waals surface area contributed by atoms with Gasteiger partial charge in [-0.25, -0.2) is 24.9 Å². The van der Waals surface area contributed by atoms with Crippen molar-refractivity contribution in [1.82, 2.24) is 24.9 Å². The lowest BCUT2D eigenvalue weighted by molar-refractivity contribution is 0.768. The fraction of sp³-hybridized carbons (Fsp3) is 0.0161. The van der Waals surface area contributed by atoms with E-state index in [-0.39, 0.29) is 0 Å². The summed E-state index contributed by atoms with van der Waals surface area (Å²) in [5.41, 5.74) is 16.2. The van der Waals surface area contributed by atoms with Crippen molar-refractivity contribution in [3.63, 3.8) is 0 Å². The Labute approximate surface area is 389 Å². The summed E-state index contributed by atoms with van der Waals surface area (Å²) in [6.07, 6.45) is 0. The predicted octanol–water partition coefficient (Wildman–Crippen LogP) is 14.7. The van der Waals surface area contributed by atoms with Crippen molar-refractivity contribution in [2.75, 3.05) is 0 Å². The molecule has 0 bridgehead atoms. The summed E-state index contributed by atoms with van der Waals surface area (Å²) in [7, 11) is 0. The van der Waals surface area contributed by atoms with Crippen molar-refractivity contribution in [1.29, 1.82) is 0 Å². The van der Waals surface area contributed by atoms with E-state index in [1.807, 2.05) is 54.6 Å². The maximum absolute atomic E-state index is 5.38. The van der Waals surface area contributed by atoms with Crippen LogP contribution in [0.2, 0.25) is 0 Å². The van der Waals surface area contributed by atoms with E-state index in [0.717, 1.165) is 61.5 Å². The lowest BCUT2D eigenvalue weighted by Gasteiger charge is -2.33. The Balaban J connectivity index is 1.000. The third kappa shape index (κ3) is 7.11. The summed E-state index contributed by atoms with van der Waals surface area (Å²) in [4.78, 5) is 26.0. The molecule has 0 aliphatic heterocycles. The molecule has 11 aromatic rings. The van der Waals surface area contributed by atoms with Crippen LogP contribution < -0.4 is 0 Å². The Morgan fingerprint density at radius 3 is 1.24 bits per heavy atom. The van der Waals surface area contributed by atoms with Crippen LogP contribution in [0.25, 0.3) is 90.3 Å². The monoisotopic (exact) mass is 855 g/mol. The van der Waals surface area contributed by atoms with Gasteiger partial charge in [0.2, 0.25) is 0 Å². The molecule has 0 amide bonds. The van der Waals surface area contributed by atoms with E-state index in [2.05, 4.69) is 194 Å². The van der Waals surface area contributed by atoms with E-state index in [1.165, 1.54) is 27.8 Å². The van der Waals surface area contributed by atoms with Gasteiger partial charge in [-0.05, 0) is 62.7 Å². The summed E-state index contributed by atoms with van der Waals surface area (Å²) in [5.74, 6) is 2.51. The van der Waals surface area contributed by atoms with Gasteiger partial charge in [-0.2, -0.15) is 0 Å². The van der Waals surface area contributed by atoms with Crippen LogP contribution >= 0.6 is 0 Å². The minimum Gasteiger partial charge on any atom is -0.228 e. The maximum Gasteiger partial charge on any atom is 0.164 e. The van der Waals surface area contributed by atoms with Crippen LogP contribution in [0.3, 0.4) is 0 Å². The molecule has 67 heavy (non-hydrogen) atoms. The highest BCUT2D eigenvalue weighted by Crippen LogP contribution is 2.58. The fourth-order valence-corrected chi connectivity index (χ4v) is 9.79. The highest BCUT2D eigenvalue weighted by Gasteiger charge is 2.47. The molecule has 0 atom stereocenters. The molecular weight excluding hydrogens is 815 g/mol. The Bertz CT molecular complexity index is 3460. The molecule has 314 valence electrons. The van der Waals surface area contributed by atoms with Crippen molar-refractivity contribution in [2.24, 2.45) is 0 Å². The molecule has 0 spiro atoms. The first-order chi connectivity index (χ1) is 33.2. The van der Waals surface area contributed by atoms with Crippen LogP contribution in [-0.4, -0.2) is 24.9 Å². The van der Waals surface area contributed by atoms with Crippen molar-refractivity contribution in [3.8, 4) is 90.3 Å². The Kier molecular flexibility index (Phi) is 9.99. The molecule has 0 unspecified atom stereocenters. The molecule has 0 saturated heterocycles. The summed E-state index contributed by atoms with van der Waals surface area (Å²) in [6.45, 7) is 0. The molecule has 9 aromatic carbocycles. The SMILES string of the molecule is c1ccc(-c2cc(-c3cccc(-c4cccc(-c5nc(-c6ccccc6)nc(-c6cccc7c6-c6ccccc6C7(c6ccccc6)c6ccccc6)n5)c4)c3)nc(-c3ccccc3)n2)cc1. The third-order valence-corrected chi connectivity index (χ3v) is 12.8. The van der Waals surface area contributed by atoms with E-state index < -0.39 is 5.41 Å². The Hall–Kier alpha value is -8.93. The fourth-order valence-electron chi connectivity index (χ4n) is 9.79. The van der Waals surface area contributed by atoms with E-state index in [9.17, 15) is 0 Å². The topological polar surface area (TPSA) is 64.5 Å². The van der Waals surface area contributed by atoms with Crippen molar-refractivity contribution in [3.05, 3.63) is 271 Å². The molecule has 1 aliphatic rings. The number of aromatic nitrogens is 5. The van der Waals surface area contributed by atoms with Gasteiger partial charge >= 0.3 is 0 Å². The molecule has 0 saturated carbocycles. The highest BCUT2D eigenvalue weighted by atomic mass is 15.0. The number of hydrogen-bond acceptors (Lipinski definition) is 5. The largest absolute Gasteiger partial charge is 0.228 e. The van der Waals surface area contributed by atoms with E-state index >= 15 is 0 Å². The molecule has 0 radical (unpaired) electrons. The van der Waals surface area contributed by atoms with Crippen molar-refractivity contribution >= 4 is 0 Å². The molecule has 0 fully saturated rings. The van der Waals surface area contributed by atoms with E-state index in [1.54, 1.807) is 0 Å². The maximum atomic E-state index is 5.38. The highest BCUT2D eigenvalue weighted by molar-refractivity contribution is 5.94. The van der Waals surface area contributed by atoms with Crippen LogP contribution in [0.4, 0.5) is 0 Å². The second-order valence-electron chi connectivity index (χ2n) is 16.8. The average molecular weight is 856 g/mol. The summed E-state index contributed by atoms with van der Waals surface area (Å²) < 4.78 is 0. The second kappa shape index (κ2) is 16.9. The van der Waals surface area contributed by atoms with Crippen LogP contribution in [0.15, 0.2) is 249 Å². The van der Waals surface area contributed by atoms with Gasteiger partial charge in [-0.1, -0.05) is 231 Å². The smallest absolute Gasteiger partial charge is 0.164 e. The van der Waals surface area contributed by atoms with Crippen molar-refractivity contribution < 1.29 is 0 Å². The van der Waals surface area contributed by atoms with Gasteiger partial charge in [0.1, 0.15) is 0 Å². The zero-order chi connectivity index (χ0) is 44.6. The number of hydrogen-bond donors (Lipinski definition) is 0. The van der Waals surface area contributed by atoms with Crippen LogP contribution in [0, 0.1) is 0 Å². The molecule has 1 aliphatic carbocycles. The van der Waals surface area contributed by atoms with E-state index in [4.69, 9.17) is 24.9 Å². The lowest BCUT2D eigenvalue weighted by Crippen LogP contribution is -2.28. The van der Waals surface area contributed by atoms with Crippen molar-refractivity contribution in [2.45, 2.75) is 5.41 Å². The molecule has 5 heteroatoms. The third-order valence-electron chi connectivity index (χ3n) is 12.8. The first kappa shape index (κ1) is 39.6. The van der Waals surface area contributed by atoms with Gasteiger partial charge in [0, 0.05) is 33.4 Å². The van der Waals surface area contributed by atoms with Gasteiger partial charge in [-0.15, -0.1) is 0 Å². The standard InChI is InChI=1S/C62H41N5/c1-6-21-42(22-7-1)55-41-56(64-58(63-55)43-23-8-2-9-24-43)47-29-18-27-45(39-47)46-28-19-30-48(40-46)60-65-59(44-25-10-3-11-26-44)66-61(67-60)52-36-20-38-54-57(52)51-35-16-17-37-53(51)62(54,49-31-12-4-13-32-49)50-33-14-5-15-34-50/h1-41H. The number of rotatable bonds is 9. The van der Waals surface area contributed by atoms with Gasteiger partial charge in [0.05, 0.1) is 16.8 Å². The summed E-state index contributed by atoms with van der Waals surface area (Å²) in [6, 6.07) is 86.9. The minimum atomic E-state index is -0.552. The lowest BCUT2D eigenvalue weighted by atomic mass is 9.67. The molecule has 12 rings (SSSR count). The first-order valence-corrected chi connectivity index (χ1v) is 22.6. The zero-order valence-corrected chi connectivity index (χ0v) is 36.4. The Morgan fingerprint density at radius 2 is 0.627 bits per heavy atom. The molecule has 5 nitrogen and oxygen atoms in total. The number of nitrogens with zero attached hydrogens (tertiary/aromatic N) is 5. The summed E-state index contributed by atoms with van der Waals surface area (Å²) in [5, 5.41) is 0. The zero-order valence-electron chi connectivity index (χ0n) is 36.4. The quantitative estimate of drug-likeness (QED) is 0.145. The van der Waals surface area contributed by atoms with Crippen LogP contribution in [0.5, 0.6) is 0 Å². The molecule has 2 heterocycles. The van der Waals surface area contributed by atoms with Crippen LogP contribution in [-0.2, 0) is 5.41 Å². The Morgan fingerprint density at radius 1 is 0.239 bits per heavy atom. The van der Waals surface area contributed by atoms with Gasteiger partial charge in [0.15, 0.2) is 23.3 Å². The van der Waals surface area contributed by atoms with Crippen LogP contribution in [0.1, 0.15) is 22.3 Å². The average Bonchev–Trinajstić information content (AvgIpc) is 3.73. The van der Waals surface area contributed by atoms with Gasteiger partial charge in [-0.3, -0.25) is 0 Å². The second-order valence-corrected chi connectivity index (χ2v) is 16.8. The predicted molar refractivity (Wildman–Crippen MR) is 271 cm³/mol. The normalized spacial score (nSPS) is 12.3. The first-order valence-electron chi connectivity index (χ1n) is 22.6. The van der Waals surface area contributed by atoms with Gasteiger partial charge < -0.3 is 0 Å². The number of benzene rings is 9. The molecule has 2 aromatic heterocycles. The number of fused-ring (bicyclic) bond motifs is 3. The van der Waals surface area contributed by atoms with E-state index in [0.29, 0.717) is 23.3 Å². The van der Waals surface area contributed by atoms with Gasteiger partial charge in [0.25, 0.3) is 0 Å². The molecular formula is C62H41N5. The molecule has 0 N–H and O–H groups in total. The summed E-state index contributed by atoms with van der Waals surface area (Å²) >= 11 is 0.